The van der Waals surface area contributed by atoms with Crippen LogP contribution in [0, 0.1) is 0 Å². The van der Waals surface area contributed by atoms with Gasteiger partial charge in [0.25, 0.3) is 11.8 Å². The van der Waals surface area contributed by atoms with Crippen LogP contribution in [0.15, 0.2) is 30.4 Å². The Morgan fingerprint density at radius 2 is 1.69 bits per heavy atom. The van der Waals surface area contributed by atoms with Crippen molar-refractivity contribution in [2.24, 2.45) is 0 Å². The number of amides is 3. The summed E-state index contributed by atoms with van der Waals surface area (Å²) in [5.41, 5.74) is 0.462. The van der Waals surface area contributed by atoms with Gasteiger partial charge in [-0.1, -0.05) is 6.42 Å². The van der Waals surface area contributed by atoms with Gasteiger partial charge in [0.2, 0.25) is 12.2 Å². The number of aliphatic hydroxyl groups is 3. The molecule has 5 N–H and O–H groups in total. The van der Waals surface area contributed by atoms with Gasteiger partial charge in [0.05, 0.1) is 13.2 Å². The van der Waals surface area contributed by atoms with E-state index in [2.05, 4.69) is 5.32 Å². The molecule has 45 heavy (non-hydrogen) atoms. The maximum atomic E-state index is 12.0. The van der Waals surface area contributed by atoms with Crippen LogP contribution in [-0.2, 0) is 44.8 Å². The van der Waals surface area contributed by atoms with Crippen LogP contribution in [0.5, 0.6) is 11.5 Å². The van der Waals surface area contributed by atoms with Crippen molar-refractivity contribution in [1.82, 2.24) is 10.2 Å². The first-order chi connectivity index (χ1) is 21.5. The Kier molecular flexibility index (Phi) is 13.7. The summed E-state index contributed by atoms with van der Waals surface area (Å²) < 4.78 is 27.0. The Bertz CT molecular complexity index is 1220. The zero-order valence-corrected chi connectivity index (χ0v) is 24.7. The van der Waals surface area contributed by atoms with Crippen molar-refractivity contribution in [3.63, 3.8) is 0 Å². The number of aliphatic hydroxyl groups excluding tert-OH is 3. The number of aliphatic carboxylic acids is 1. The molecule has 0 aromatic heterocycles. The van der Waals surface area contributed by atoms with Gasteiger partial charge in [-0.25, -0.2) is 4.79 Å². The van der Waals surface area contributed by atoms with E-state index in [0.29, 0.717) is 37.8 Å². The molecule has 1 saturated heterocycles. The zero-order chi connectivity index (χ0) is 32.9. The van der Waals surface area contributed by atoms with Gasteiger partial charge in [0.15, 0.2) is 6.10 Å². The molecule has 3 rings (SSSR count). The van der Waals surface area contributed by atoms with Crippen molar-refractivity contribution in [3.05, 3.63) is 35.9 Å². The van der Waals surface area contributed by atoms with Gasteiger partial charge in [-0.15, -0.1) is 0 Å². The number of esters is 1. The molecule has 1 aromatic rings. The van der Waals surface area contributed by atoms with Crippen LogP contribution < -0.4 is 14.8 Å². The van der Waals surface area contributed by atoms with Crippen LogP contribution >= 0.6 is 0 Å². The van der Waals surface area contributed by atoms with E-state index in [0.717, 1.165) is 0 Å². The highest BCUT2D eigenvalue weighted by Crippen LogP contribution is 2.29. The number of unbranched alkanes of at least 4 members (excludes halogenated alkanes) is 2. The molecule has 2 aliphatic heterocycles. The van der Waals surface area contributed by atoms with Gasteiger partial charge in [0.1, 0.15) is 43.0 Å². The minimum absolute atomic E-state index is 0.0521. The minimum Gasteiger partial charge on any atom is -0.491 e. The highest BCUT2D eigenvalue weighted by molar-refractivity contribution is 6.12. The lowest BCUT2D eigenvalue weighted by Gasteiger charge is -2.38. The van der Waals surface area contributed by atoms with Gasteiger partial charge in [-0.3, -0.25) is 24.1 Å². The largest absolute Gasteiger partial charge is 0.491 e. The molecular weight excluding hydrogens is 600 g/mol. The summed E-state index contributed by atoms with van der Waals surface area (Å²) in [6.07, 6.45) is -4.24. The number of carboxylic acid groups (broad SMARTS) is 1. The molecule has 0 bridgehead atoms. The van der Waals surface area contributed by atoms with Crippen molar-refractivity contribution in [2.45, 2.75) is 69.9 Å². The third-order valence-electron chi connectivity index (χ3n) is 6.77. The molecule has 248 valence electrons. The van der Waals surface area contributed by atoms with E-state index < -0.39 is 42.6 Å². The van der Waals surface area contributed by atoms with E-state index >= 15 is 0 Å². The quantitative estimate of drug-likeness (QED) is 0.0740. The number of nitrogens with one attached hydrogen (secondary N) is 1. The number of hydrogen-bond donors (Lipinski definition) is 5. The first-order valence-electron chi connectivity index (χ1n) is 14.3. The molecule has 0 spiro atoms. The predicted octanol–water partition coefficient (Wildman–Crippen LogP) is -0.982. The number of rotatable bonds is 18. The molecule has 0 radical (unpaired) electrons. The number of carbonyl (C=O) groups excluding carboxylic acids is 4. The fourth-order valence-electron chi connectivity index (χ4n) is 4.37. The van der Waals surface area contributed by atoms with Crippen molar-refractivity contribution in [3.8, 4) is 11.5 Å². The van der Waals surface area contributed by atoms with E-state index in [9.17, 15) is 44.4 Å². The van der Waals surface area contributed by atoms with Crippen LogP contribution in [-0.4, -0.2) is 119 Å². The number of nitrogens with zero attached hydrogens (tertiary/aromatic N) is 1. The molecule has 1 aromatic carbocycles. The smallest absolute Gasteiger partial charge is 0.335 e. The lowest BCUT2D eigenvalue weighted by Crippen LogP contribution is -2.61. The molecule has 0 unspecified atom stereocenters. The normalized spacial score (nSPS) is 22.8. The number of imide groups is 1. The van der Waals surface area contributed by atoms with Crippen molar-refractivity contribution in [2.75, 3.05) is 32.9 Å². The Labute approximate surface area is 258 Å². The Morgan fingerprint density at radius 1 is 0.956 bits per heavy atom. The molecule has 3 amide bonds. The number of hydrogen-bond acceptors (Lipinski definition) is 13. The Balaban J connectivity index is 1.39. The van der Waals surface area contributed by atoms with Gasteiger partial charge in [-0.05, 0) is 25.0 Å². The van der Waals surface area contributed by atoms with Crippen LogP contribution in [0.2, 0.25) is 0 Å². The molecule has 2 heterocycles. The second kappa shape index (κ2) is 17.4. The summed E-state index contributed by atoms with van der Waals surface area (Å²) in [6, 6.07) is 4.34. The first kappa shape index (κ1) is 35.4. The van der Waals surface area contributed by atoms with Gasteiger partial charge in [-0.2, -0.15) is 0 Å². The molecule has 0 aliphatic carbocycles. The monoisotopic (exact) mass is 638 g/mol. The summed E-state index contributed by atoms with van der Waals surface area (Å²) in [5.74, 6) is -2.58. The van der Waals surface area contributed by atoms with E-state index in [1.54, 1.807) is 0 Å². The molecular formula is C29H38N2O14. The number of benzene rings is 1. The highest BCUT2D eigenvalue weighted by Gasteiger charge is 2.48. The third kappa shape index (κ3) is 10.8. The first-order valence-corrected chi connectivity index (χ1v) is 14.3. The molecule has 16 nitrogen and oxygen atoms in total. The van der Waals surface area contributed by atoms with E-state index in [1.165, 1.54) is 42.2 Å². The maximum Gasteiger partial charge on any atom is 0.335 e. The van der Waals surface area contributed by atoms with Crippen LogP contribution in [0.3, 0.4) is 0 Å². The second-order valence-electron chi connectivity index (χ2n) is 10.2. The SMILES string of the molecule is CC(=O)OCc1ccc(O[C@@H]2O[C@H](C(=O)O)[C@@H](O)[C@H](O)[C@H]2O)cc1OCCOCCNC(=O)CCCCCN1C(=O)C=CC1=O. The number of carbonyl (C=O) groups is 5. The molecule has 5 atom stereocenters. The van der Waals surface area contributed by atoms with Gasteiger partial charge in [0, 0.05) is 50.2 Å². The Hall–Kier alpha value is -4.09. The van der Waals surface area contributed by atoms with Gasteiger partial charge < -0.3 is 49.4 Å². The predicted molar refractivity (Wildman–Crippen MR) is 151 cm³/mol. The fourth-order valence-corrected chi connectivity index (χ4v) is 4.37. The summed E-state index contributed by atoms with van der Waals surface area (Å²) in [6.45, 7) is 2.10. The minimum atomic E-state index is -1.87. The van der Waals surface area contributed by atoms with E-state index in [1.807, 2.05) is 0 Å². The van der Waals surface area contributed by atoms with Crippen LogP contribution in [0.1, 0.15) is 38.2 Å². The molecule has 16 heteroatoms. The summed E-state index contributed by atoms with van der Waals surface area (Å²) in [4.78, 5) is 58.9. The van der Waals surface area contributed by atoms with Crippen LogP contribution in [0.4, 0.5) is 0 Å². The molecule has 1 fully saturated rings. The van der Waals surface area contributed by atoms with Crippen molar-refractivity contribution < 1.29 is 68.1 Å². The Morgan fingerprint density at radius 3 is 2.38 bits per heavy atom. The molecule has 2 aliphatic rings. The highest BCUT2D eigenvalue weighted by atomic mass is 16.7. The maximum absolute atomic E-state index is 12.0. The summed E-state index contributed by atoms with van der Waals surface area (Å²) in [5, 5.41) is 42.1. The third-order valence-corrected chi connectivity index (χ3v) is 6.77. The summed E-state index contributed by atoms with van der Waals surface area (Å²) in [7, 11) is 0. The topological polar surface area (TPSA) is 228 Å². The molecule has 0 saturated carbocycles. The van der Waals surface area contributed by atoms with Crippen molar-refractivity contribution in [1.29, 1.82) is 0 Å². The zero-order valence-electron chi connectivity index (χ0n) is 24.7. The van der Waals surface area contributed by atoms with Gasteiger partial charge >= 0.3 is 11.9 Å². The van der Waals surface area contributed by atoms with E-state index in [4.69, 9.17) is 23.7 Å². The second-order valence-corrected chi connectivity index (χ2v) is 10.2. The lowest BCUT2D eigenvalue weighted by molar-refractivity contribution is -0.271. The average Bonchev–Trinajstić information content (AvgIpc) is 3.32. The average molecular weight is 639 g/mol. The number of carboxylic acids is 1. The standard InChI is InChI=1S/C29H38N2O14/c1-17(32)43-16-18-6-7-19(44-29-26(38)24(36)25(37)27(45-29)28(39)40)15-20(18)42-14-13-41-12-10-30-21(33)5-3-2-4-11-31-22(34)8-9-23(31)35/h6-9,15,24-27,29,36-38H,2-5,10-14,16H2,1H3,(H,30,33)(H,39,40)/t24-,25-,26+,27-,29+/m0/s1. The fraction of sp³-hybridized carbons (Fsp3) is 0.552. The van der Waals surface area contributed by atoms with E-state index in [-0.39, 0.29) is 62.2 Å². The van der Waals surface area contributed by atoms with Crippen molar-refractivity contribution >= 4 is 29.7 Å². The number of ether oxygens (including phenoxy) is 5. The summed E-state index contributed by atoms with van der Waals surface area (Å²) >= 11 is 0. The lowest BCUT2D eigenvalue weighted by atomic mass is 9.99. The van der Waals surface area contributed by atoms with Crippen LogP contribution in [0.25, 0.3) is 0 Å².